The van der Waals surface area contributed by atoms with Crippen LogP contribution in [0.1, 0.15) is 24.0 Å². The molecule has 1 fully saturated rings. The second-order valence-corrected chi connectivity index (χ2v) is 4.63. The van der Waals surface area contributed by atoms with Crippen molar-refractivity contribution in [1.29, 1.82) is 0 Å². The molecule has 0 aliphatic heterocycles. The van der Waals surface area contributed by atoms with E-state index < -0.39 is 23.6 Å². The minimum atomic E-state index is -4.38. The third kappa shape index (κ3) is 3.97. The largest absolute Gasteiger partial charge is 0.416 e. The number of alkyl halides is 3. The van der Waals surface area contributed by atoms with Crippen LogP contribution in [0.25, 0.3) is 0 Å². The summed E-state index contributed by atoms with van der Waals surface area (Å²) < 4.78 is 37.0. The maximum absolute atomic E-state index is 12.3. The minimum absolute atomic E-state index is 0.00899. The van der Waals surface area contributed by atoms with Crippen LogP contribution in [0.15, 0.2) is 24.3 Å². The molecule has 108 valence electrons. The van der Waals surface area contributed by atoms with Gasteiger partial charge in [-0.25, -0.2) is 0 Å². The summed E-state index contributed by atoms with van der Waals surface area (Å²) in [5.41, 5.74) is -0.260. The van der Waals surface area contributed by atoms with Gasteiger partial charge in [0.25, 0.3) is 0 Å². The maximum atomic E-state index is 12.3. The van der Waals surface area contributed by atoms with E-state index in [-0.39, 0.29) is 12.6 Å². The maximum Gasteiger partial charge on any atom is 0.416 e. The fourth-order valence-electron chi connectivity index (χ4n) is 1.55. The molecule has 2 amide bonds. The predicted molar refractivity (Wildman–Crippen MR) is 64.5 cm³/mol. The van der Waals surface area contributed by atoms with Crippen molar-refractivity contribution in [2.45, 2.75) is 31.6 Å². The molecule has 1 aliphatic rings. The molecule has 20 heavy (non-hydrogen) atoms. The van der Waals surface area contributed by atoms with Crippen LogP contribution < -0.4 is 10.6 Å². The summed E-state index contributed by atoms with van der Waals surface area (Å²) in [6.07, 6.45) is -2.64. The van der Waals surface area contributed by atoms with Crippen molar-refractivity contribution in [2.24, 2.45) is 0 Å². The van der Waals surface area contributed by atoms with E-state index in [1.54, 1.807) is 0 Å². The molecular formula is C13H13F3N2O2. The van der Waals surface area contributed by atoms with Crippen LogP contribution in [0.4, 0.5) is 13.2 Å². The predicted octanol–water partition coefficient (Wildman–Crippen LogP) is 1.60. The smallest absolute Gasteiger partial charge is 0.345 e. The van der Waals surface area contributed by atoms with Gasteiger partial charge in [-0.2, -0.15) is 13.2 Å². The first-order valence-electron chi connectivity index (χ1n) is 6.11. The van der Waals surface area contributed by atoms with E-state index in [2.05, 4.69) is 10.6 Å². The van der Waals surface area contributed by atoms with E-state index in [0.717, 1.165) is 25.0 Å². The van der Waals surface area contributed by atoms with Crippen LogP contribution in [0.5, 0.6) is 0 Å². The van der Waals surface area contributed by atoms with Crippen LogP contribution in [-0.2, 0) is 22.3 Å². The first-order valence-corrected chi connectivity index (χ1v) is 6.11. The number of nitrogens with one attached hydrogen (secondary N) is 2. The first-order chi connectivity index (χ1) is 9.36. The fourth-order valence-corrected chi connectivity index (χ4v) is 1.55. The Morgan fingerprint density at radius 2 is 1.70 bits per heavy atom. The van der Waals surface area contributed by atoms with Crippen LogP contribution in [-0.4, -0.2) is 17.9 Å². The molecule has 1 aliphatic carbocycles. The van der Waals surface area contributed by atoms with Gasteiger partial charge in [0.1, 0.15) is 0 Å². The number of hydrogen-bond acceptors (Lipinski definition) is 2. The Balaban J connectivity index is 1.84. The Hall–Kier alpha value is -2.05. The molecule has 0 aromatic heterocycles. The summed E-state index contributed by atoms with van der Waals surface area (Å²) in [7, 11) is 0. The van der Waals surface area contributed by atoms with Gasteiger partial charge >= 0.3 is 18.0 Å². The summed E-state index contributed by atoms with van der Waals surface area (Å²) in [6, 6.07) is 4.49. The Labute approximate surface area is 113 Å². The molecule has 0 spiro atoms. The molecule has 4 nitrogen and oxygen atoms in total. The van der Waals surface area contributed by atoms with Crippen molar-refractivity contribution in [3.8, 4) is 0 Å². The zero-order valence-corrected chi connectivity index (χ0v) is 10.5. The third-order valence-electron chi connectivity index (χ3n) is 2.85. The molecule has 2 rings (SSSR count). The van der Waals surface area contributed by atoms with Crippen molar-refractivity contribution < 1.29 is 22.8 Å². The van der Waals surface area contributed by atoms with Crippen LogP contribution in [0.2, 0.25) is 0 Å². The molecular weight excluding hydrogens is 273 g/mol. The fraction of sp³-hybridized carbons (Fsp3) is 0.385. The van der Waals surface area contributed by atoms with E-state index in [9.17, 15) is 22.8 Å². The highest BCUT2D eigenvalue weighted by Crippen LogP contribution is 2.29. The monoisotopic (exact) mass is 286 g/mol. The van der Waals surface area contributed by atoms with Crippen molar-refractivity contribution in [2.75, 3.05) is 0 Å². The summed E-state index contributed by atoms with van der Waals surface area (Å²) in [6.45, 7) is 0.00899. The van der Waals surface area contributed by atoms with E-state index in [4.69, 9.17) is 0 Å². The minimum Gasteiger partial charge on any atom is -0.345 e. The summed E-state index contributed by atoms with van der Waals surface area (Å²) in [5.74, 6) is -1.49. The summed E-state index contributed by atoms with van der Waals surface area (Å²) in [4.78, 5) is 22.7. The quantitative estimate of drug-likeness (QED) is 0.829. The second-order valence-electron chi connectivity index (χ2n) is 4.63. The van der Waals surface area contributed by atoms with Gasteiger partial charge in [-0.1, -0.05) is 12.1 Å². The van der Waals surface area contributed by atoms with Crippen LogP contribution >= 0.6 is 0 Å². The van der Waals surface area contributed by atoms with Gasteiger partial charge in [-0.05, 0) is 30.5 Å². The lowest BCUT2D eigenvalue weighted by atomic mass is 10.1. The van der Waals surface area contributed by atoms with Gasteiger partial charge in [0.05, 0.1) is 5.56 Å². The van der Waals surface area contributed by atoms with Crippen LogP contribution in [0.3, 0.4) is 0 Å². The SMILES string of the molecule is O=C(NCc1ccc(C(F)(F)F)cc1)C(=O)NC1CC1. The Bertz CT molecular complexity index is 507. The van der Waals surface area contributed by atoms with Crippen molar-refractivity contribution in [3.05, 3.63) is 35.4 Å². The lowest BCUT2D eigenvalue weighted by molar-refractivity contribution is -0.139. The highest BCUT2D eigenvalue weighted by Gasteiger charge is 2.30. The average Bonchev–Trinajstić information content (AvgIpc) is 3.19. The van der Waals surface area contributed by atoms with E-state index in [1.165, 1.54) is 12.1 Å². The molecule has 1 aromatic rings. The normalized spacial score (nSPS) is 14.8. The molecule has 0 unspecified atom stereocenters. The Kier molecular flexibility index (Phi) is 3.96. The molecule has 2 N–H and O–H groups in total. The topological polar surface area (TPSA) is 58.2 Å². The molecule has 1 saturated carbocycles. The number of halogens is 3. The Morgan fingerprint density at radius 3 is 2.20 bits per heavy atom. The average molecular weight is 286 g/mol. The molecule has 0 radical (unpaired) electrons. The third-order valence-corrected chi connectivity index (χ3v) is 2.85. The van der Waals surface area contributed by atoms with Crippen molar-refractivity contribution >= 4 is 11.8 Å². The van der Waals surface area contributed by atoms with Gasteiger partial charge in [0.15, 0.2) is 0 Å². The highest BCUT2D eigenvalue weighted by atomic mass is 19.4. The van der Waals surface area contributed by atoms with E-state index >= 15 is 0 Å². The van der Waals surface area contributed by atoms with Gasteiger partial charge < -0.3 is 10.6 Å². The van der Waals surface area contributed by atoms with Crippen molar-refractivity contribution in [1.82, 2.24) is 10.6 Å². The van der Waals surface area contributed by atoms with E-state index in [1.807, 2.05) is 0 Å². The van der Waals surface area contributed by atoms with Gasteiger partial charge in [0.2, 0.25) is 0 Å². The van der Waals surface area contributed by atoms with E-state index in [0.29, 0.717) is 5.56 Å². The molecule has 1 aromatic carbocycles. The van der Waals surface area contributed by atoms with Gasteiger partial charge in [0, 0.05) is 12.6 Å². The lowest BCUT2D eigenvalue weighted by Gasteiger charge is -2.08. The number of hydrogen-bond donors (Lipinski definition) is 2. The van der Waals surface area contributed by atoms with Crippen molar-refractivity contribution in [3.63, 3.8) is 0 Å². The zero-order chi connectivity index (χ0) is 14.8. The number of benzene rings is 1. The zero-order valence-electron chi connectivity index (χ0n) is 10.5. The van der Waals surface area contributed by atoms with Gasteiger partial charge in [-0.15, -0.1) is 0 Å². The summed E-state index contributed by atoms with van der Waals surface area (Å²) >= 11 is 0. The number of amides is 2. The van der Waals surface area contributed by atoms with Crippen LogP contribution in [0, 0.1) is 0 Å². The number of rotatable bonds is 3. The first kappa shape index (κ1) is 14.4. The molecule has 0 saturated heterocycles. The number of carbonyl (C=O) groups excluding carboxylic acids is 2. The standard InChI is InChI=1S/C13H13F3N2O2/c14-13(15,16)9-3-1-8(2-4-9)7-17-11(19)12(20)18-10-5-6-10/h1-4,10H,5-7H2,(H,17,19)(H,18,20). The highest BCUT2D eigenvalue weighted by molar-refractivity contribution is 6.35. The Morgan fingerprint density at radius 1 is 1.10 bits per heavy atom. The molecule has 7 heteroatoms. The second kappa shape index (κ2) is 5.52. The molecule has 0 atom stereocenters. The molecule has 0 heterocycles. The van der Waals surface area contributed by atoms with Gasteiger partial charge in [-0.3, -0.25) is 9.59 Å². The molecule has 0 bridgehead atoms. The summed E-state index contributed by atoms with van der Waals surface area (Å²) in [5, 5.41) is 4.88. The lowest BCUT2D eigenvalue weighted by Crippen LogP contribution is -2.40. The number of carbonyl (C=O) groups is 2.